The summed E-state index contributed by atoms with van der Waals surface area (Å²) in [4.78, 5) is 23.3. The number of carboxylic acid groups (broad SMARTS) is 1. The molecule has 25 heavy (non-hydrogen) atoms. The van der Waals surface area contributed by atoms with Crippen LogP contribution >= 0.6 is 0 Å². The van der Waals surface area contributed by atoms with E-state index >= 15 is 0 Å². The van der Waals surface area contributed by atoms with Crippen molar-refractivity contribution in [3.63, 3.8) is 0 Å². The molecule has 0 aromatic carbocycles. The normalized spacial score (nSPS) is 24.2. The van der Waals surface area contributed by atoms with Crippen LogP contribution in [0.3, 0.4) is 0 Å². The largest absolute Gasteiger partial charge is 0.478 e. The van der Waals surface area contributed by atoms with Gasteiger partial charge < -0.3 is 10.2 Å². The number of aliphatic carboxylic acids is 1. The van der Waals surface area contributed by atoms with Crippen molar-refractivity contribution in [2.24, 2.45) is 5.41 Å². The van der Waals surface area contributed by atoms with Gasteiger partial charge in [0, 0.05) is 17.9 Å². The lowest BCUT2D eigenvalue weighted by atomic mass is 9.62. The van der Waals surface area contributed by atoms with Gasteiger partial charge in [-0.05, 0) is 49.5 Å². The molecule has 0 fully saturated rings. The predicted molar refractivity (Wildman–Crippen MR) is 100 cm³/mol. The Kier molecular flexibility index (Phi) is 7.36. The van der Waals surface area contributed by atoms with E-state index in [9.17, 15) is 14.7 Å². The van der Waals surface area contributed by atoms with Crippen LogP contribution in [-0.2, 0) is 9.59 Å². The minimum atomic E-state index is -1.26. The number of hydrogen-bond acceptors (Lipinski definition) is 3. The summed E-state index contributed by atoms with van der Waals surface area (Å²) in [5.74, 6) is -0.897. The molecule has 1 unspecified atom stereocenters. The number of rotatable bonds is 8. The third-order valence-corrected chi connectivity index (χ3v) is 5.21. The van der Waals surface area contributed by atoms with Gasteiger partial charge in [0.2, 0.25) is 0 Å². The van der Waals surface area contributed by atoms with Gasteiger partial charge in [0.05, 0.1) is 0 Å². The van der Waals surface area contributed by atoms with Gasteiger partial charge in [-0.25, -0.2) is 4.79 Å². The number of carboxylic acids is 1. The maximum Gasteiger partial charge on any atom is 0.328 e. The molecule has 0 aliphatic heterocycles. The molecule has 140 valence electrons. The molecule has 4 heteroatoms. The summed E-state index contributed by atoms with van der Waals surface area (Å²) in [6.07, 6.45) is 9.68. The van der Waals surface area contributed by atoms with Gasteiger partial charge in [-0.2, -0.15) is 0 Å². The molecular weight excluding hydrogens is 316 g/mol. The topological polar surface area (TPSA) is 74.6 Å². The van der Waals surface area contributed by atoms with E-state index in [1.807, 2.05) is 20.8 Å². The average molecular weight is 348 g/mol. The lowest BCUT2D eigenvalue weighted by Crippen LogP contribution is -2.49. The highest BCUT2D eigenvalue weighted by Crippen LogP contribution is 2.47. The van der Waals surface area contributed by atoms with E-state index in [0.717, 1.165) is 37.3 Å². The van der Waals surface area contributed by atoms with Crippen LogP contribution in [0.15, 0.2) is 34.9 Å². The molecule has 0 aromatic heterocycles. The second-order valence-corrected chi connectivity index (χ2v) is 7.72. The summed E-state index contributed by atoms with van der Waals surface area (Å²) in [6.45, 7) is 9.41. The summed E-state index contributed by atoms with van der Waals surface area (Å²) in [6, 6.07) is 0. The predicted octanol–water partition coefficient (Wildman–Crippen LogP) is 4.59. The van der Waals surface area contributed by atoms with Crippen LogP contribution in [0.5, 0.6) is 0 Å². The number of unbranched alkanes of at least 4 members (excludes halogenated alkanes) is 3. The summed E-state index contributed by atoms with van der Waals surface area (Å²) in [5.41, 5.74) is 0.0911. The van der Waals surface area contributed by atoms with Gasteiger partial charge in [-0.3, -0.25) is 4.79 Å². The van der Waals surface area contributed by atoms with Crippen LogP contribution in [0.25, 0.3) is 0 Å². The maximum absolute atomic E-state index is 12.6. The molecule has 0 bridgehead atoms. The van der Waals surface area contributed by atoms with Crippen LogP contribution in [0.1, 0.15) is 73.1 Å². The van der Waals surface area contributed by atoms with E-state index in [-0.39, 0.29) is 12.2 Å². The molecule has 1 rings (SSSR count). The Morgan fingerprint density at radius 3 is 2.44 bits per heavy atom. The van der Waals surface area contributed by atoms with E-state index < -0.39 is 17.0 Å². The summed E-state index contributed by atoms with van der Waals surface area (Å²) < 4.78 is 0. The highest BCUT2D eigenvalue weighted by Gasteiger charge is 2.49. The van der Waals surface area contributed by atoms with Gasteiger partial charge in [-0.1, -0.05) is 46.1 Å². The smallest absolute Gasteiger partial charge is 0.328 e. The summed E-state index contributed by atoms with van der Waals surface area (Å²) >= 11 is 0. The molecular formula is C21H32O4. The Bertz CT molecular complexity index is 607. The molecule has 0 amide bonds. The molecule has 0 spiro atoms. The third-order valence-electron chi connectivity index (χ3n) is 5.21. The fourth-order valence-electron chi connectivity index (χ4n) is 3.49. The Morgan fingerprint density at radius 2 is 1.88 bits per heavy atom. The summed E-state index contributed by atoms with van der Waals surface area (Å²) in [7, 11) is 0. The summed E-state index contributed by atoms with van der Waals surface area (Å²) in [5, 5.41) is 20.2. The molecule has 4 nitrogen and oxygen atoms in total. The highest BCUT2D eigenvalue weighted by molar-refractivity contribution is 5.98. The zero-order chi connectivity index (χ0) is 19.3. The van der Waals surface area contributed by atoms with Gasteiger partial charge in [0.25, 0.3) is 0 Å². The van der Waals surface area contributed by atoms with E-state index in [0.29, 0.717) is 17.6 Å². The van der Waals surface area contributed by atoms with Gasteiger partial charge in [0.15, 0.2) is 5.78 Å². The highest BCUT2D eigenvalue weighted by atomic mass is 16.4. The Balaban J connectivity index is 3.18. The fraction of sp³-hybridized carbons (Fsp3) is 0.619. The van der Waals surface area contributed by atoms with Crippen molar-refractivity contribution >= 4 is 11.8 Å². The first-order valence-corrected chi connectivity index (χ1v) is 9.11. The fourth-order valence-corrected chi connectivity index (χ4v) is 3.49. The number of Topliss-reactive ketones (excluding diaryl/α,β-unsaturated/α-hetero) is 1. The molecule has 1 aliphatic rings. The first kappa shape index (κ1) is 21.4. The van der Waals surface area contributed by atoms with Gasteiger partial charge in [0.1, 0.15) is 5.60 Å². The first-order valence-electron chi connectivity index (χ1n) is 9.11. The minimum Gasteiger partial charge on any atom is -0.478 e. The van der Waals surface area contributed by atoms with Crippen LogP contribution in [0.4, 0.5) is 0 Å². The average Bonchev–Trinajstić information content (AvgIpc) is 2.49. The minimum absolute atomic E-state index is 0.120. The van der Waals surface area contributed by atoms with Crippen molar-refractivity contribution in [1.29, 1.82) is 0 Å². The SMILES string of the molecule is CCCCCCC1=C(C)C(O)(C=CC(C)=CC(=O)O)C(C)(C)CC1=O. The van der Waals surface area contributed by atoms with Crippen molar-refractivity contribution in [3.8, 4) is 0 Å². The van der Waals surface area contributed by atoms with E-state index in [4.69, 9.17) is 5.11 Å². The number of carbonyl (C=O) groups excluding carboxylic acids is 1. The molecule has 0 radical (unpaired) electrons. The Morgan fingerprint density at radius 1 is 1.24 bits per heavy atom. The van der Waals surface area contributed by atoms with Crippen molar-refractivity contribution in [3.05, 3.63) is 34.9 Å². The van der Waals surface area contributed by atoms with Crippen molar-refractivity contribution in [2.45, 2.75) is 78.7 Å². The van der Waals surface area contributed by atoms with Crippen molar-refractivity contribution < 1.29 is 19.8 Å². The second kappa shape index (κ2) is 8.61. The molecule has 0 saturated heterocycles. The van der Waals surface area contributed by atoms with E-state index in [1.165, 1.54) is 0 Å². The Labute approximate surface area is 151 Å². The van der Waals surface area contributed by atoms with Crippen LogP contribution in [-0.4, -0.2) is 27.6 Å². The van der Waals surface area contributed by atoms with Crippen molar-refractivity contribution in [2.75, 3.05) is 0 Å². The zero-order valence-corrected chi connectivity index (χ0v) is 16.2. The molecule has 0 saturated carbocycles. The second-order valence-electron chi connectivity index (χ2n) is 7.72. The van der Waals surface area contributed by atoms with Crippen LogP contribution in [0, 0.1) is 5.41 Å². The van der Waals surface area contributed by atoms with E-state index in [1.54, 1.807) is 19.1 Å². The zero-order valence-electron chi connectivity index (χ0n) is 16.2. The van der Waals surface area contributed by atoms with Gasteiger partial charge >= 0.3 is 5.97 Å². The number of aliphatic hydroxyl groups is 1. The standard InChI is InChI=1S/C21H32O4/c1-6-7-8-9-10-17-16(3)21(25,20(4,5)14-18(17)22)12-11-15(2)13-19(23)24/h11-13,25H,6-10,14H2,1-5H3,(H,23,24). The monoisotopic (exact) mass is 348 g/mol. The quantitative estimate of drug-likeness (QED) is 0.382. The Hall–Kier alpha value is -1.68. The number of hydrogen-bond donors (Lipinski definition) is 2. The maximum atomic E-state index is 12.6. The van der Waals surface area contributed by atoms with Crippen molar-refractivity contribution in [1.82, 2.24) is 0 Å². The van der Waals surface area contributed by atoms with Crippen LogP contribution < -0.4 is 0 Å². The van der Waals surface area contributed by atoms with Crippen LogP contribution in [0.2, 0.25) is 0 Å². The van der Waals surface area contributed by atoms with E-state index in [2.05, 4.69) is 6.92 Å². The number of allylic oxidation sites excluding steroid dienone is 3. The van der Waals surface area contributed by atoms with Gasteiger partial charge in [-0.15, -0.1) is 0 Å². The molecule has 0 heterocycles. The lowest BCUT2D eigenvalue weighted by molar-refractivity contribution is -0.131. The molecule has 1 atom stereocenters. The molecule has 1 aliphatic carbocycles. The first-order chi connectivity index (χ1) is 11.5. The molecule has 2 N–H and O–H groups in total. The number of carbonyl (C=O) groups is 2. The number of ketones is 1. The third kappa shape index (κ3) is 5.15. The molecule has 0 aromatic rings. The lowest BCUT2D eigenvalue weighted by Gasteiger charge is -2.46.